The van der Waals surface area contributed by atoms with E-state index in [1.807, 2.05) is 59.5 Å². The van der Waals surface area contributed by atoms with Crippen LogP contribution in [0.4, 0.5) is 5.69 Å². The van der Waals surface area contributed by atoms with Crippen LogP contribution in [0.2, 0.25) is 0 Å². The molecule has 2 aromatic carbocycles. The van der Waals surface area contributed by atoms with E-state index in [0.29, 0.717) is 16.6 Å². The molecule has 1 heterocycles. The van der Waals surface area contributed by atoms with E-state index in [4.69, 9.17) is 15.0 Å². The van der Waals surface area contributed by atoms with E-state index in [0.717, 1.165) is 40.2 Å². The van der Waals surface area contributed by atoms with Crippen molar-refractivity contribution < 1.29 is 9.53 Å². The fourth-order valence-electron chi connectivity index (χ4n) is 4.14. The number of nitrogens with zero attached hydrogens (tertiary/aromatic N) is 3. The van der Waals surface area contributed by atoms with Crippen molar-refractivity contribution in [1.82, 2.24) is 4.90 Å². The highest BCUT2D eigenvalue weighted by molar-refractivity contribution is 9.10. The maximum atomic E-state index is 13.5. The molecule has 1 aliphatic heterocycles. The number of carbonyl (C=O) groups excluding carboxylic acids is 1. The second kappa shape index (κ2) is 10.4. The van der Waals surface area contributed by atoms with Gasteiger partial charge in [0.15, 0.2) is 11.8 Å². The molecule has 0 unspecified atom stereocenters. The lowest BCUT2D eigenvalue weighted by molar-refractivity contribution is -0.124. The summed E-state index contributed by atoms with van der Waals surface area (Å²) in [5, 5.41) is 9.47. The summed E-state index contributed by atoms with van der Waals surface area (Å²) in [5.41, 5.74) is 1.73. The summed E-state index contributed by atoms with van der Waals surface area (Å²) >= 11 is 4.92. The number of amidine groups is 1. The van der Waals surface area contributed by atoms with Crippen LogP contribution in [-0.2, 0) is 4.79 Å². The number of nitriles is 1. The predicted molar refractivity (Wildman–Crippen MR) is 133 cm³/mol. The summed E-state index contributed by atoms with van der Waals surface area (Å²) in [6, 6.07) is 17.5. The second-order valence-electron chi connectivity index (χ2n) is 7.98. The summed E-state index contributed by atoms with van der Waals surface area (Å²) in [7, 11) is 0. The Bertz CT molecular complexity index is 1090. The summed E-state index contributed by atoms with van der Waals surface area (Å²) in [6.45, 7) is 2.22. The number of ether oxygens (including phenoxy) is 1. The monoisotopic (exact) mass is 509 g/mol. The van der Waals surface area contributed by atoms with Crippen molar-refractivity contribution >= 4 is 50.5 Å². The minimum Gasteiger partial charge on any atom is -0.478 e. The molecule has 1 amide bonds. The Morgan fingerprint density at radius 1 is 1.25 bits per heavy atom. The zero-order chi connectivity index (χ0) is 22.5. The molecule has 1 saturated heterocycles. The molecular weight excluding hydrogens is 486 g/mol. The van der Waals surface area contributed by atoms with Crippen LogP contribution >= 0.6 is 27.7 Å². The molecule has 2 atom stereocenters. The van der Waals surface area contributed by atoms with Gasteiger partial charge in [-0.15, -0.1) is 0 Å². The number of thioether (sulfide) groups is 1. The molecule has 2 aliphatic rings. The normalized spacial score (nSPS) is 23.5. The first-order valence-corrected chi connectivity index (χ1v) is 12.3. The van der Waals surface area contributed by atoms with Crippen molar-refractivity contribution in [1.29, 1.82) is 5.26 Å². The third-order valence-corrected chi connectivity index (χ3v) is 7.36. The fourth-order valence-corrected chi connectivity index (χ4v) is 5.69. The van der Waals surface area contributed by atoms with Crippen LogP contribution < -0.4 is 4.74 Å². The standard InChI is InChI=1S/C25H24BrN3O2S/c1-17-7-5-6-10-21(17)29-24(30)23(32-25(29)28-19-8-3-2-4-9-19)16-18-11-12-22(20(26)15-18)31-14-13-27/h2-4,8-9,11-12,15-17,21H,5-7,10,14H2,1H3/b23-16-,28-25?/t17-,21+/m1/s1. The van der Waals surface area contributed by atoms with Crippen molar-refractivity contribution in [3.05, 3.63) is 63.5 Å². The molecule has 32 heavy (non-hydrogen) atoms. The van der Waals surface area contributed by atoms with Crippen LogP contribution in [0.25, 0.3) is 6.08 Å². The lowest BCUT2D eigenvalue weighted by atomic mass is 9.85. The largest absolute Gasteiger partial charge is 0.478 e. The molecule has 1 aliphatic carbocycles. The summed E-state index contributed by atoms with van der Waals surface area (Å²) in [6.07, 6.45) is 6.39. The highest BCUT2D eigenvalue weighted by Gasteiger charge is 2.41. The van der Waals surface area contributed by atoms with Gasteiger partial charge in [0.2, 0.25) is 0 Å². The van der Waals surface area contributed by atoms with Gasteiger partial charge in [-0.2, -0.15) is 5.26 Å². The Morgan fingerprint density at radius 2 is 2.03 bits per heavy atom. The molecule has 5 nitrogen and oxygen atoms in total. The van der Waals surface area contributed by atoms with Gasteiger partial charge in [0.25, 0.3) is 5.91 Å². The van der Waals surface area contributed by atoms with E-state index in [1.165, 1.54) is 18.2 Å². The molecule has 1 saturated carbocycles. The van der Waals surface area contributed by atoms with Gasteiger partial charge in [-0.05, 0) is 82.4 Å². The van der Waals surface area contributed by atoms with Gasteiger partial charge in [0, 0.05) is 6.04 Å². The van der Waals surface area contributed by atoms with Crippen LogP contribution in [-0.4, -0.2) is 28.6 Å². The average molecular weight is 510 g/mol. The molecule has 0 aromatic heterocycles. The van der Waals surface area contributed by atoms with Gasteiger partial charge < -0.3 is 4.74 Å². The number of halogens is 1. The number of benzene rings is 2. The van der Waals surface area contributed by atoms with Gasteiger partial charge in [-0.3, -0.25) is 9.69 Å². The van der Waals surface area contributed by atoms with Gasteiger partial charge >= 0.3 is 0 Å². The maximum Gasteiger partial charge on any atom is 0.267 e. The van der Waals surface area contributed by atoms with E-state index in [1.54, 1.807) is 6.07 Å². The molecule has 7 heteroatoms. The Labute approximate surface area is 201 Å². The molecule has 2 fully saturated rings. The molecule has 0 radical (unpaired) electrons. The van der Waals surface area contributed by atoms with E-state index in [-0.39, 0.29) is 18.6 Å². The minimum absolute atomic E-state index is 0.0127. The molecule has 164 valence electrons. The van der Waals surface area contributed by atoms with Gasteiger partial charge in [0.1, 0.15) is 11.8 Å². The Morgan fingerprint density at radius 3 is 2.75 bits per heavy atom. The van der Waals surface area contributed by atoms with Crippen molar-refractivity contribution in [3.63, 3.8) is 0 Å². The zero-order valence-corrected chi connectivity index (χ0v) is 20.2. The van der Waals surface area contributed by atoms with Crippen LogP contribution in [0.3, 0.4) is 0 Å². The van der Waals surface area contributed by atoms with E-state index in [9.17, 15) is 4.79 Å². The number of aliphatic imine (C=N–C) groups is 1. The minimum atomic E-state index is -0.0127. The van der Waals surface area contributed by atoms with Crippen molar-refractivity contribution in [2.75, 3.05) is 6.61 Å². The van der Waals surface area contributed by atoms with E-state index in [2.05, 4.69) is 22.9 Å². The smallest absolute Gasteiger partial charge is 0.267 e. The third-order valence-electron chi connectivity index (χ3n) is 5.76. The first-order chi connectivity index (χ1) is 15.6. The number of para-hydroxylation sites is 1. The molecular formula is C25H24BrN3O2S. The Balaban J connectivity index is 1.66. The first kappa shape index (κ1) is 22.6. The molecule has 2 aromatic rings. The number of hydrogen-bond acceptors (Lipinski definition) is 5. The lowest BCUT2D eigenvalue weighted by Gasteiger charge is -2.35. The zero-order valence-electron chi connectivity index (χ0n) is 17.8. The molecule has 0 spiro atoms. The van der Waals surface area contributed by atoms with Crippen molar-refractivity contribution in [2.24, 2.45) is 10.9 Å². The van der Waals surface area contributed by atoms with Crippen LogP contribution in [0.15, 0.2) is 62.9 Å². The Kier molecular flexibility index (Phi) is 7.33. The van der Waals surface area contributed by atoms with Gasteiger partial charge in [-0.25, -0.2) is 4.99 Å². The lowest BCUT2D eigenvalue weighted by Crippen LogP contribution is -2.44. The number of rotatable bonds is 5. The first-order valence-electron chi connectivity index (χ1n) is 10.7. The number of carbonyl (C=O) groups is 1. The van der Waals surface area contributed by atoms with Crippen LogP contribution in [0, 0.1) is 17.2 Å². The quantitative estimate of drug-likeness (QED) is 0.429. The van der Waals surface area contributed by atoms with Crippen molar-refractivity contribution in [2.45, 2.75) is 38.6 Å². The van der Waals surface area contributed by atoms with Gasteiger partial charge in [0.05, 0.1) is 15.1 Å². The van der Waals surface area contributed by atoms with Gasteiger partial charge in [-0.1, -0.05) is 44.0 Å². The summed E-state index contributed by atoms with van der Waals surface area (Å²) < 4.78 is 6.14. The van der Waals surface area contributed by atoms with E-state index < -0.39 is 0 Å². The van der Waals surface area contributed by atoms with Crippen LogP contribution in [0.5, 0.6) is 5.75 Å². The molecule has 4 rings (SSSR count). The predicted octanol–water partition coefficient (Wildman–Crippen LogP) is 6.53. The number of amides is 1. The molecule has 0 bridgehead atoms. The third kappa shape index (κ3) is 5.08. The fraction of sp³-hybridized carbons (Fsp3) is 0.320. The van der Waals surface area contributed by atoms with Crippen molar-refractivity contribution in [3.8, 4) is 11.8 Å². The average Bonchev–Trinajstić information content (AvgIpc) is 3.08. The Hall–Kier alpha value is -2.56. The van der Waals surface area contributed by atoms with Crippen LogP contribution in [0.1, 0.15) is 38.2 Å². The summed E-state index contributed by atoms with van der Waals surface area (Å²) in [5.74, 6) is 1.06. The number of hydrogen-bond donors (Lipinski definition) is 0. The second-order valence-corrected chi connectivity index (χ2v) is 9.84. The topological polar surface area (TPSA) is 65.7 Å². The highest BCUT2D eigenvalue weighted by atomic mass is 79.9. The maximum absolute atomic E-state index is 13.5. The van der Waals surface area contributed by atoms with E-state index >= 15 is 0 Å². The molecule has 0 N–H and O–H groups in total. The summed E-state index contributed by atoms with van der Waals surface area (Å²) in [4.78, 5) is 21.0. The highest BCUT2D eigenvalue weighted by Crippen LogP contribution is 2.40. The SMILES string of the molecule is C[C@@H]1CCCC[C@@H]1N1C(=O)/C(=C/c2ccc(OCC#N)c(Br)c2)SC1=Nc1ccccc1.